The summed E-state index contributed by atoms with van der Waals surface area (Å²) in [4.78, 5) is 0. The van der Waals surface area contributed by atoms with Gasteiger partial charge in [0.05, 0.1) is 5.69 Å². The van der Waals surface area contributed by atoms with Crippen molar-refractivity contribution in [2.75, 3.05) is 7.05 Å². The van der Waals surface area contributed by atoms with Crippen LogP contribution in [-0.4, -0.2) is 16.8 Å². The highest BCUT2D eigenvalue weighted by Gasteiger charge is 2.17. The van der Waals surface area contributed by atoms with Crippen molar-refractivity contribution in [3.05, 3.63) is 17.0 Å². The van der Waals surface area contributed by atoms with Crippen molar-refractivity contribution in [1.29, 1.82) is 0 Å². The van der Waals surface area contributed by atoms with Gasteiger partial charge in [-0.2, -0.15) is 5.10 Å². The van der Waals surface area contributed by atoms with Gasteiger partial charge in [0, 0.05) is 23.8 Å². The van der Waals surface area contributed by atoms with E-state index in [-0.39, 0.29) is 0 Å². The number of nitrogens with one attached hydrogen (secondary N) is 1. The van der Waals surface area contributed by atoms with Crippen LogP contribution >= 0.6 is 0 Å². The lowest BCUT2D eigenvalue weighted by Crippen LogP contribution is -2.15. The Morgan fingerprint density at radius 3 is 2.47 bits per heavy atom. The number of nitrogens with zero attached hydrogens (tertiary/aromatic N) is 2. The predicted molar refractivity (Wildman–Crippen MR) is 82.5 cm³/mol. The van der Waals surface area contributed by atoms with Crippen molar-refractivity contribution in [1.82, 2.24) is 15.1 Å². The molecular formula is C16H31N3. The third-order valence-corrected chi connectivity index (χ3v) is 4.28. The van der Waals surface area contributed by atoms with Crippen LogP contribution in [0.3, 0.4) is 0 Å². The molecular weight excluding hydrogens is 234 g/mol. The summed E-state index contributed by atoms with van der Waals surface area (Å²) in [6.45, 7) is 12.2. The maximum Gasteiger partial charge on any atom is 0.0644 e. The second-order valence-electron chi connectivity index (χ2n) is 5.69. The first-order valence-electron chi connectivity index (χ1n) is 7.76. The predicted octanol–water partition coefficient (Wildman–Crippen LogP) is 4.00. The minimum absolute atomic E-state index is 0.379. The Morgan fingerprint density at radius 1 is 1.26 bits per heavy atom. The molecule has 1 heterocycles. The molecule has 0 radical (unpaired) electrons. The summed E-state index contributed by atoms with van der Waals surface area (Å²) in [5.41, 5.74) is 3.87. The van der Waals surface area contributed by atoms with Crippen molar-refractivity contribution >= 4 is 0 Å². The highest BCUT2D eigenvalue weighted by Crippen LogP contribution is 2.23. The van der Waals surface area contributed by atoms with E-state index in [1.165, 1.54) is 42.6 Å². The molecule has 110 valence electrons. The standard InChI is InChI=1S/C16H31N3/c1-7-9-10-15(8-2)11-19-14(5)16(12(3)17-6)13(4)18-19/h12,15,17H,7-11H2,1-6H3. The molecule has 2 unspecified atom stereocenters. The molecule has 0 aliphatic heterocycles. The van der Waals surface area contributed by atoms with Crippen LogP contribution in [0.4, 0.5) is 0 Å². The SMILES string of the molecule is CCCCC(CC)Cn1nc(C)c(C(C)NC)c1C. The van der Waals surface area contributed by atoms with E-state index < -0.39 is 0 Å². The van der Waals surface area contributed by atoms with Crippen molar-refractivity contribution in [3.8, 4) is 0 Å². The van der Waals surface area contributed by atoms with E-state index in [0.717, 1.165) is 12.5 Å². The molecule has 1 aromatic heterocycles. The van der Waals surface area contributed by atoms with Gasteiger partial charge in [-0.3, -0.25) is 4.68 Å². The molecule has 0 aromatic carbocycles. The first-order valence-corrected chi connectivity index (χ1v) is 7.76. The van der Waals surface area contributed by atoms with E-state index in [0.29, 0.717) is 6.04 Å². The first kappa shape index (κ1) is 16.2. The monoisotopic (exact) mass is 265 g/mol. The lowest BCUT2D eigenvalue weighted by atomic mass is 9.99. The fourth-order valence-electron chi connectivity index (χ4n) is 2.82. The van der Waals surface area contributed by atoms with Crippen LogP contribution in [0.5, 0.6) is 0 Å². The Hall–Kier alpha value is -0.830. The van der Waals surface area contributed by atoms with E-state index in [9.17, 15) is 0 Å². The summed E-state index contributed by atoms with van der Waals surface area (Å²) in [6.07, 6.45) is 5.19. The van der Waals surface area contributed by atoms with Crippen molar-refractivity contribution in [2.24, 2.45) is 5.92 Å². The van der Waals surface area contributed by atoms with Gasteiger partial charge in [-0.1, -0.05) is 33.1 Å². The molecule has 2 atom stereocenters. The zero-order valence-electron chi connectivity index (χ0n) is 13.6. The molecule has 0 fully saturated rings. The largest absolute Gasteiger partial charge is 0.313 e. The second-order valence-corrected chi connectivity index (χ2v) is 5.69. The molecule has 3 nitrogen and oxygen atoms in total. The minimum Gasteiger partial charge on any atom is -0.313 e. The molecule has 0 spiro atoms. The second kappa shape index (κ2) is 7.68. The lowest BCUT2D eigenvalue weighted by molar-refractivity contribution is 0.367. The van der Waals surface area contributed by atoms with Gasteiger partial charge in [0.15, 0.2) is 0 Å². The van der Waals surface area contributed by atoms with E-state index in [1.807, 2.05) is 7.05 Å². The highest BCUT2D eigenvalue weighted by atomic mass is 15.3. The van der Waals surface area contributed by atoms with E-state index in [2.05, 4.69) is 44.6 Å². The first-order chi connectivity index (χ1) is 9.04. The van der Waals surface area contributed by atoms with Crippen molar-refractivity contribution in [2.45, 2.75) is 72.9 Å². The van der Waals surface area contributed by atoms with Gasteiger partial charge in [-0.25, -0.2) is 0 Å². The third-order valence-electron chi connectivity index (χ3n) is 4.28. The molecule has 0 aliphatic rings. The summed E-state index contributed by atoms with van der Waals surface area (Å²) in [5.74, 6) is 0.760. The Morgan fingerprint density at radius 2 is 1.95 bits per heavy atom. The van der Waals surface area contributed by atoms with E-state index >= 15 is 0 Å². The van der Waals surface area contributed by atoms with Crippen LogP contribution in [0.15, 0.2) is 0 Å². The summed E-state index contributed by atoms with van der Waals surface area (Å²) in [6, 6.07) is 0.379. The van der Waals surface area contributed by atoms with Crippen LogP contribution in [0.2, 0.25) is 0 Å². The number of hydrogen-bond acceptors (Lipinski definition) is 2. The Kier molecular flexibility index (Phi) is 6.56. The minimum atomic E-state index is 0.379. The van der Waals surface area contributed by atoms with Gasteiger partial charge >= 0.3 is 0 Å². The molecule has 1 aromatic rings. The number of hydrogen-bond donors (Lipinski definition) is 1. The van der Waals surface area contributed by atoms with Crippen molar-refractivity contribution < 1.29 is 0 Å². The summed E-state index contributed by atoms with van der Waals surface area (Å²) in [7, 11) is 2.01. The van der Waals surface area contributed by atoms with E-state index in [4.69, 9.17) is 5.10 Å². The average molecular weight is 265 g/mol. The average Bonchev–Trinajstić information content (AvgIpc) is 2.68. The fraction of sp³-hybridized carbons (Fsp3) is 0.812. The normalized spacial score (nSPS) is 14.6. The molecule has 19 heavy (non-hydrogen) atoms. The number of aryl methyl sites for hydroxylation is 1. The molecule has 1 N–H and O–H groups in total. The number of rotatable bonds is 8. The van der Waals surface area contributed by atoms with Crippen LogP contribution < -0.4 is 5.32 Å². The lowest BCUT2D eigenvalue weighted by Gasteiger charge is -2.16. The fourth-order valence-corrected chi connectivity index (χ4v) is 2.82. The third kappa shape index (κ3) is 4.07. The zero-order valence-corrected chi connectivity index (χ0v) is 13.6. The van der Waals surface area contributed by atoms with Gasteiger partial charge in [0.1, 0.15) is 0 Å². The molecule has 1 rings (SSSR count). The van der Waals surface area contributed by atoms with Gasteiger partial charge in [-0.05, 0) is 40.2 Å². The molecule has 3 heteroatoms. The smallest absolute Gasteiger partial charge is 0.0644 e. The Balaban J connectivity index is 2.84. The van der Waals surface area contributed by atoms with E-state index in [1.54, 1.807) is 0 Å². The molecule has 0 bridgehead atoms. The molecule has 0 saturated carbocycles. The highest BCUT2D eigenvalue weighted by molar-refractivity contribution is 5.27. The number of unbranched alkanes of at least 4 members (excludes halogenated alkanes) is 1. The zero-order chi connectivity index (χ0) is 14.4. The molecule has 0 aliphatic carbocycles. The van der Waals surface area contributed by atoms with Crippen molar-refractivity contribution in [3.63, 3.8) is 0 Å². The maximum atomic E-state index is 4.75. The quantitative estimate of drug-likeness (QED) is 0.770. The van der Waals surface area contributed by atoms with Gasteiger partial charge in [0.2, 0.25) is 0 Å². The summed E-state index contributed by atoms with van der Waals surface area (Å²) in [5, 5.41) is 8.08. The summed E-state index contributed by atoms with van der Waals surface area (Å²) >= 11 is 0. The summed E-state index contributed by atoms with van der Waals surface area (Å²) < 4.78 is 2.22. The van der Waals surface area contributed by atoms with Crippen LogP contribution in [0.25, 0.3) is 0 Å². The van der Waals surface area contributed by atoms with Crippen LogP contribution in [-0.2, 0) is 6.54 Å². The van der Waals surface area contributed by atoms with Gasteiger partial charge in [-0.15, -0.1) is 0 Å². The Labute approximate surface area is 118 Å². The van der Waals surface area contributed by atoms with Gasteiger partial charge < -0.3 is 5.32 Å². The Bertz CT molecular complexity index is 382. The number of aromatic nitrogens is 2. The molecule has 0 saturated heterocycles. The maximum absolute atomic E-state index is 4.75. The molecule has 0 amide bonds. The topological polar surface area (TPSA) is 29.9 Å². The van der Waals surface area contributed by atoms with Gasteiger partial charge in [0.25, 0.3) is 0 Å². The van der Waals surface area contributed by atoms with Crippen LogP contribution in [0.1, 0.15) is 69.4 Å². The van der Waals surface area contributed by atoms with Crippen LogP contribution in [0, 0.1) is 19.8 Å².